The summed E-state index contributed by atoms with van der Waals surface area (Å²) >= 11 is 1.19. The molecule has 0 amide bonds. The number of hydrogen-bond acceptors (Lipinski definition) is 5. The third-order valence-corrected chi connectivity index (χ3v) is 2.06. The van der Waals surface area contributed by atoms with E-state index in [1.807, 2.05) is 0 Å². The summed E-state index contributed by atoms with van der Waals surface area (Å²) in [4.78, 5) is 0. The Labute approximate surface area is 83.2 Å². The van der Waals surface area contributed by atoms with Gasteiger partial charge in [0.1, 0.15) is 5.51 Å². The Bertz CT molecular complexity index is 432. The highest BCUT2D eigenvalue weighted by Gasteiger charge is 2.06. The van der Waals surface area contributed by atoms with E-state index < -0.39 is 5.82 Å². The van der Waals surface area contributed by atoms with Crippen molar-refractivity contribution in [3.05, 3.63) is 29.5 Å². The largest absolute Gasteiger partial charge is 0.427 e. The molecule has 2 N–H and O–H groups in total. The molecule has 0 saturated carbocycles. The minimum atomic E-state index is -0.514. The van der Waals surface area contributed by atoms with Gasteiger partial charge >= 0.3 is 0 Å². The molecule has 6 heteroatoms. The molecule has 0 aliphatic heterocycles. The molecule has 1 aromatic carbocycles. The van der Waals surface area contributed by atoms with Crippen LogP contribution in [0.3, 0.4) is 0 Å². The van der Waals surface area contributed by atoms with Gasteiger partial charge in [0.05, 0.1) is 0 Å². The number of nitrogens with two attached hydrogens (primary N) is 1. The maximum absolute atomic E-state index is 13.2. The van der Waals surface area contributed by atoms with Crippen LogP contribution in [0, 0.1) is 5.82 Å². The smallest absolute Gasteiger partial charge is 0.299 e. The van der Waals surface area contributed by atoms with E-state index in [1.165, 1.54) is 29.0 Å². The van der Waals surface area contributed by atoms with Crippen molar-refractivity contribution in [1.82, 2.24) is 10.2 Å². The van der Waals surface area contributed by atoms with Crippen molar-refractivity contribution in [2.45, 2.75) is 0 Å². The van der Waals surface area contributed by atoms with E-state index in [0.29, 0.717) is 10.9 Å². The minimum Gasteiger partial charge on any atom is -0.427 e. The van der Waals surface area contributed by atoms with E-state index in [9.17, 15) is 4.39 Å². The number of anilines is 1. The number of rotatable bonds is 2. The fraction of sp³-hybridized carbons (Fsp3) is 0. The van der Waals surface area contributed by atoms with Crippen LogP contribution < -0.4 is 10.5 Å². The Kier molecular flexibility index (Phi) is 2.28. The fourth-order valence-corrected chi connectivity index (χ4v) is 1.32. The lowest BCUT2D eigenvalue weighted by Crippen LogP contribution is -1.90. The molecule has 14 heavy (non-hydrogen) atoms. The molecule has 1 heterocycles. The van der Waals surface area contributed by atoms with Gasteiger partial charge in [-0.15, -0.1) is 5.10 Å². The molecule has 0 fully saturated rings. The third kappa shape index (κ3) is 1.80. The van der Waals surface area contributed by atoms with Gasteiger partial charge in [0, 0.05) is 11.8 Å². The summed E-state index contributed by atoms with van der Waals surface area (Å²) in [6.07, 6.45) is 0. The first-order valence-corrected chi connectivity index (χ1v) is 4.63. The van der Waals surface area contributed by atoms with Crippen LogP contribution in [-0.4, -0.2) is 10.2 Å². The summed E-state index contributed by atoms with van der Waals surface area (Å²) in [6.45, 7) is 0. The molecule has 2 rings (SSSR count). The summed E-state index contributed by atoms with van der Waals surface area (Å²) in [7, 11) is 0. The maximum atomic E-state index is 13.2. The molecule has 0 atom stereocenters. The number of aromatic nitrogens is 2. The second kappa shape index (κ2) is 3.59. The van der Waals surface area contributed by atoms with Gasteiger partial charge in [0.15, 0.2) is 11.6 Å². The topological polar surface area (TPSA) is 61.0 Å². The Morgan fingerprint density at radius 3 is 2.93 bits per heavy atom. The first-order chi connectivity index (χ1) is 6.75. The standard InChI is InChI=1S/C8H6FN3OS/c9-6-3-5(10)1-2-7(6)13-8-12-11-4-14-8/h1-4H,10H2. The molecule has 0 radical (unpaired) electrons. The molecule has 0 saturated heterocycles. The fourth-order valence-electron chi connectivity index (χ4n) is 0.901. The average molecular weight is 211 g/mol. The third-order valence-electron chi connectivity index (χ3n) is 1.49. The summed E-state index contributed by atoms with van der Waals surface area (Å²) in [5.74, 6) is -0.420. The number of nitrogens with zero attached hydrogens (tertiary/aromatic N) is 2. The van der Waals surface area contributed by atoms with Crippen molar-refractivity contribution in [3.63, 3.8) is 0 Å². The number of halogens is 1. The van der Waals surface area contributed by atoms with Crippen LogP contribution in [0.4, 0.5) is 10.1 Å². The van der Waals surface area contributed by atoms with E-state index in [2.05, 4.69) is 10.2 Å². The maximum Gasteiger partial charge on any atom is 0.299 e. The van der Waals surface area contributed by atoms with Crippen LogP contribution in [0.25, 0.3) is 0 Å². The van der Waals surface area contributed by atoms with Gasteiger partial charge in [-0.1, -0.05) is 16.4 Å². The van der Waals surface area contributed by atoms with Crippen LogP contribution in [0.2, 0.25) is 0 Å². The first kappa shape index (κ1) is 8.89. The van der Waals surface area contributed by atoms with Crippen LogP contribution >= 0.6 is 11.3 Å². The van der Waals surface area contributed by atoms with E-state index >= 15 is 0 Å². The van der Waals surface area contributed by atoms with Gasteiger partial charge in [-0.3, -0.25) is 0 Å². The molecule has 72 valence electrons. The molecule has 0 spiro atoms. The number of nitrogen functional groups attached to an aromatic ring is 1. The molecule has 0 unspecified atom stereocenters. The lowest BCUT2D eigenvalue weighted by atomic mass is 10.3. The van der Waals surface area contributed by atoms with Crippen molar-refractivity contribution >= 4 is 17.0 Å². The Balaban J connectivity index is 2.25. The van der Waals surface area contributed by atoms with E-state index in [0.717, 1.165) is 0 Å². The zero-order valence-electron chi connectivity index (χ0n) is 6.98. The molecular weight excluding hydrogens is 205 g/mol. The highest BCUT2D eigenvalue weighted by atomic mass is 32.1. The minimum absolute atomic E-state index is 0.0935. The van der Waals surface area contributed by atoms with Crippen LogP contribution in [0.1, 0.15) is 0 Å². The van der Waals surface area contributed by atoms with Gasteiger partial charge in [-0.2, -0.15) is 0 Å². The van der Waals surface area contributed by atoms with Gasteiger partial charge in [-0.25, -0.2) is 4.39 Å². The number of benzene rings is 1. The normalized spacial score (nSPS) is 10.1. The lowest BCUT2D eigenvalue weighted by Gasteiger charge is -2.02. The lowest BCUT2D eigenvalue weighted by molar-refractivity contribution is 0.436. The monoisotopic (exact) mass is 211 g/mol. The predicted molar refractivity (Wildman–Crippen MR) is 50.8 cm³/mol. The van der Waals surface area contributed by atoms with Crippen molar-refractivity contribution in [2.24, 2.45) is 0 Å². The van der Waals surface area contributed by atoms with Gasteiger partial charge in [-0.05, 0) is 12.1 Å². The van der Waals surface area contributed by atoms with Crippen LogP contribution in [-0.2, 0) is 0 Å². The second-order valence-corrected chi connectivity index (χ2v) is 3.29. The molecule has 2 aromatic rings. The molecule has 1 aromatic heterocycles. The predicted octanol–water partition coefficient (Wildman–Crippen LogP) is 2.05. The summed E-state index contributed by atoms with van der Waals surface area (Å²) < 4.78 is 18.3. The van der Waals surface area contributed by atoms with E-state index in [-0.39, 0.29) is 5.75 Å². The van der Waals surface area contributed by atoms with Gasteiger partial charge in [0.2, 0.25) is 0 Å². The van der Waals surface area contributed by atoms with E-state index in [4.69, 9.17) is 10.5 Å². The molecule has 0 aliphatic rings. The molecule has 4 nitrogen and oxygen atoms in total. The zero-order valence-corrected chi connectivity index (χ0v) is 7.79. The summed E-state index contributed by atoms with van der Waals surface area (Å²) in [6, 6.07) is 4.20. The van der Waals surface area contributed by atoms with E-state index in [1.54, 1.807) is 6.07 Å². The summed E-state index contributed by atoms with van der Waals surface area (Å²) in [5.41, 5.74) is 7.24. The van der Waals surface area contributed by atoms with Crippen LogP contribution in [0.15, 0.2) is 23.7 Å². The highest BCUT2D eigenvalue weighted by Crippen LogP contribution is 2.26. The molecule has 0 aliphatic carbocycles. The Hall–Kier alpha value is -1.69. The van der Waals surface area contributed by atoms with Crippen molar-refractivity contribution in [1.29, 1.82) is 0 Å². The van der Waals surface area contributed by atoms with Crippen molar-refractivity contribution < 1.29 is 9.13 Å². The zero-order chi connectivity index (χ0) is 9.97. The van der Waals surface area contributed by atoms with Crippen molar-refractivity contribution in [2.75, 3.05) is 5.73 Å². The average Bonchev–Trinajstić information content (AvgIpc) is 2.62. The first-order valence-electron chi connectivity index (χ1n) is 3.75. The second-order valence-electron chi connectivity index (χ2n) is 2.50. The Morgan fingerprint density at radius 2 is 2.29 bits per heavy atom. The summed E-state index contributed by atoms with van der Waals surface area (Å²) in [5, 5.41) is 7.49. The number of hydrogen-bond donors (Lipinski definition) is 1. The van der Waals surface area contributed by atoms with Gasteiger partial charge in [0.25, 0.3) is 5.19 Å². The molecular formula is C8H6FN3OS. The molecule has 0 bridgehead atoms. The highest BCUT2D eigenvalue weighted by molar-refractivity contribution is 7.11. The van der Waals surface area contributed by atoms with Crippen LogP contribution in [0.5, 0.6) is 10.9 Å². The SMILES string of the molecule is Nc1ccc(Oc2nncs2)c(F)c1. The number of ether oxygens (including phenoxy) is 1. The van der Waals surface area contributed by atoms with Crippen molar-refractivity contribution in [3.8, 4) is 10.9 Å². The Morgan fingerprint density at radius 1 is 1.43 bits per heavy atom. The quantitative estimate of drug-likeness (QED) is 0.772. The van der Waals surface area contributed by atoms with Gasteiger partial charge < -0.3 is 10.5 Å².